The van der Waals surface area contributed by atoms with Crippen molar-refractivity contribution < 1.29 is 27.4 Å². The summed E-state index contributed by atoms with van der Waals surface area (Å²) in [5, 5.41) is 2.43. The molecule has 0 unspecified atom stereocenters. The fraction of sp³-hybridized carbons (Fsp3) is 0.500. The maximum Gasteiger partial charge on any atom is 0.573 e. The topological polar surface area (TPSA) is 47.6 Å². The van der Waals surface area contributed by atoms with Crippen LogP contribution in [0.5, 0.6) is 5.75 Å². The number of amides is 1. The lowest BCUT2D eigenvalue weighted by atomic mass is 10.00. The zero-order valence-electron chi connectivity index (χ0n) is 12.0. The quantitative estimate of drug-likeness (QED) is 0.875. The molecular weight excluding hydrogens is 287 g/mol. The SMILES string of the molecule is CC(C)[C@@H](C)COC(=O)Nc1ccc(OC(F)(F)F)cc1. The number of carbonyl (C=O) groups excluding carboxylic acids is 1. The van der Waals surface area contributed by atoms with E-state index in [0.717, 1.165) is 12.1 Å². The van der Waals surface area contributed by atoms with E-state index in [1.807, 2.05) is 20.8 Å². The number of carbonyl (C=O) groups is 1. The average Bonchev–Trinajstić information content (AvgIpc) is 2.36. The zero-order chi connectivity index (χ0) is 16.0. The molecule has 4 nitrogen and oxygen atoms in total. The Bertz CT molecular complexity index is 458. The van der Waals surface area contributed by atoms with Crippen LogP contribution in [0.1, 0.15) is 20.8 Å². The second-order valence-corrected chi connectivity index (χ2v) is 5.02. The van der Waals surface area contributed by atoms with Gasteiger partial charge in [0.2, 0.25) is 0 Å². The molecule has 0 aliphatic carbocycles. The van der Waals surface area contributed by atoms with Gasteiger partial charge in [0, 0.05) is 5.69 Å². The summed E-state index contributed by atoms with van der Waals surface area (Å²) in [6, 6.07) is 4.82. The number of hydrogen-bond donors (Lipinski definition) is 1. The number of halogens is 3. The largest absolute Gasteiger partial charge is 0.573 e. The first-order chi connectivity index (χ1) is 9.67. The molecule has 1 atom stereocenters. The Balaban J connectivity index is 2.46. The summed E-state index contributed by atoms with van der Waals surface area (Å²) < 4.78 is 44.7. The van der Waals surface area contributed by atoms with Crippen molar-refractivity contribution >= 4 is 11.8 Å². The summed E-state index contributed by atoms with van der Waals surface area (Å²) in [5.41, 5.74) is 0.326. The third kappa shape index (κ3) is 6.87. The third-order valence-electron chi connectivity index (χ3n) is 2.95. The van der Waals surface area contributed by atoms with Crippen LogP contribution in [0.15, 0.2) is 24.3 Å². The fourth-order valence-corrected chi connectivity index (χ4v) is 1.29. The predicted octanol–water partition coefficient (Wildman–Crippen LogP) is 4.43. The summed E-state index contributed by atoms with van der Waals surface area (Å²) in [5.74, 6) is 0.254. The standard InChI is InChI=1S/C14H18F3NO3/c1-9(2)10(3)8-20-13(19)18-11-4-6-12(7-5-11)21-14(15,16)17/h4-7,9-10H,8H2,1-3H3,(H,18,19)/t10-/m0/s1. The number of alkyl halides is 3. The van der Waals surface area contributed by atoms with Crippen molar-refractivity contribution in [3.8, 4) is 5.75 Å². The molecule has 0 aliphatic heterocycles. The smallest absolute Gasteiger partial charge is 0.449 e. The number of nitrogens with one attached hydrogen (secondary N) is 1. The summed E-state index contributed by atoms with van der Waals surface area (Å²) in [6.07, 6.45) is -5.38. The maximum atomic E-state index is 12.0. The highest BCUT2D eigenvalue weighted by Gasteiger charge is 2.30. The van der Waals surface area contributed by atoms with E-state index in [0.29, 0.717) is 11.6 Å². The van der Waals surface area contributed by atoms with Crippen LogP contribution in [0, 0.1) is 11.8 Å². The van der Waals surface area contributed by atoms with E-state index in [2.05, 4.69) is 10.1 Å². The normalized spacial score (nSPS) is 12.9. The minimum atomic E-state index is -4.74. The summed E-state index contributed by atoms with van der Waals surface area (Å²) in [6.45, 7) is 6.27. The van der Waals surface area contributed by atoms with Gasteiger partial charge in [-0.25, -0.2) is 4.79 Å². The number of anilines is 1. The van der Waals surface area contributed by atoms with Crippen molar-refractivity contribution in [2.45, 2.75) is 27.1 Å². The Morgan fingerprint density at radius 3 is 2.24 bits per heavy atom. The van der Waals surface area contributed by atoms with Gasteiger partial charge in [-0.3, -0.25) is 5.32 Å². The summed E-state index contributed by atoms with van der Waals surface area (Å²) >= 11 is 0. The summed E-state index contributed by atoms with van der Waals surface area (Å²) in [4.78, 5) is 11.5. The molecule has 118 valence electrons. The van der Waals surface area contributed by atoms with Gasteiger partial charge in [-0.1, -0.05) is 20.8 Å². The zero-order valence-corrected chi connectivity index (χ0v) is 12.0. The van der Waals surface area contributed by atoms with Crippen molar-refractivity contribution in [1.29, 1.82) is 0 Å². The molecule has 21 heavy (non-hydrogen) atoms. The maximum absolute atomic E-state index is 12.0. The van der Waals surface area contributed by atoms with E-state index in [1.165, 1.54) is 12.1 Å². The second kappa shape index (κ2) is 7.19. The van der Waals surface area contributed by atoms with Gasteiger partial charge in [0.15, 0.2) is 0 Å². The minimum Gasteiger partial charge on any atom is -0.449 e. The van der Waals surface area contributed by atoms with Gasteiger partial charge in [-0.2, -0.15) is 0 Å². The molecule has 0 bridgehead atoms. The fourth-order valence-electron chi connectivity index (χ4n) is 1.29. The van der Waals surface area contributed by atoms with Crippen LogP contribution in [-0.4, -0.2) is 19.1 Å². The molecule has 0 aromatic heterocycles. The Morgan fingerprint density at radius 2 is 1.76 bits per heavy atom. The van der Waals surface area contributed by atoms with Crippen LogP contribution in [-0.2, 0) is 4.74 Å². The van der Waals surface area contributed by atoms with Crippen LogP contribution < -0.4 is 10.1 Å². The molecular formula is C14H18F3NO3. The third-order valence-corrected chi connectivity index (χ3v) is 2.95. The van der Waals surface area contributed by atoms with Gasteiger partial charge in [0.05, 0.1) is 6.61 Å². The van der Waals surface area contributed by atoms with Crippen molar-refractivity contribution in [1.82, 2.24) is 0 Å². The highest BCUT2D eigenvalue weighted by Crippen LogP contribution is 2.24. The predicted molar refractivity (Wildman–Crippen MR) is 72.1 cm³/mol. The van der Waals surface area contributed by atoms with E-state index >= 15 is 0 Å². The molecule has 1 aromatic rings. The van der Waals surface area contributed by atoms with E-state index < -0.39 is 12.5 Å². The molecule has 0 heterocycles. The lowest BCUT2D eigenvalue weighted by Gasteiger charge is -2.15. The van der Waals surface area contributed by atoms with Crippen LogP contribution in [0.3, 0.4) is 0 Å². The van der Waals surface area contributed by atoms with E-state index in [9.17, 15) is 18.0 Å². The Hall–Kier alpha value is -1.92. The lowest BCUT2D eigenvalue weighted by Crippen LogP contribution is -2.20. The van der Waals surface area contributed by atoms with Gasteiger partial charge < -0.3 is 9.47 Å². The van der Waals surface area contributed by atoms with Gasteiger partial charge >= 0.3 is 12.5 Å². The molecule has 1 aromatic carbocycles. The van der Waals surface area contributed by atoms with E-state index in [-0.39, 0.29) is 18.3 Å². The molecule has 0 aliphatic rings. The van der Waals surface area contributed by atoms with Gasteiger partial charge in [0.25, 0.3) is 0 Å². The number of hydrogen-bond acceptors (Lipinski definition) is 3. The average molecular weight is 305 g/mol. The number of rotatable bonds is 5. The lowest BCUT2D eigenvalue weighted by molar-refractivity contribution is -0.274. The van der Waals surface area contributed by atoms with Crippen LogP contribution >= 0.6 is 0 Å². The number of benzene rings is 1. The molecule has 0 saturated heterocycles. The van der Waals surface area contributed by atoms with Crippen molar-refractivity contribution in [2.24, 2.45) is 11.8 Å². The van der Waals surface area contributed by atoms with Gasteiger partial charge in [-0.05, 0) is 36.1 Å². The monoisotopic (exact) mass is 305 g/mol. The summed E-state index contributed by atoms with van der Waals surface area (Å²) in [7, 11) is 0. The number of ether oxygens (including phenoxy) is 2. The van der Waals surface area contributed by atoms with Crippen molar-refractivity contribution in [3.63, 3.8) is 0 Å². The van der Waals surface area contributed by atoms with Crippen molar-refractivity contribution in [3.05, 3.63) is 24.3 Å². The Labute approximate surface area is 121 Å². The molecule has 0 radical (unpaired) electrons. The molecule has 1 amide bonds. The molecule has 7 heteroatoms. The molecule has 1 N–H and O–H groups in total. The molecule has 0 fully saturated rings. The highest BCUT2D eigenvalue weighted by atomic mass is 19.4. The van der Waals surface area contributed by atoms with Gasteiger partial charge in [0.1, 0.15) is 5.75 Å². The Kier molecular flexibility index (Phi) is 5.87. The molecule has 1 rings (SSSR count). The van der Waals surface area contributed by atoms with Crippen LogP contribution in [0.4, 0.5) is 23.7 Å². The van der Waals surface area contributed by atoms with Crippen molar-refractivity contribution in [2.75, 3.05) is 11.9 Å². The van der Waals surface area contributed by atoms with E-state index in [4.69, 9.17) is 4.74 Å². The van der Waals surface area contributed by atoms with E-state index in [1.54, 1.807) is 0 Å². The first kappa shape index (κ1) is 17.1. The van der Waals surface area contributed by atoms with Crippen LogP contribution in [0.2, 0.25) is 0 Å². The highest BCUT2D eigenvalue weighted by molar-refractivity contribution is 5.84. The van der Waals surface area contributed by atoms with Crippen LogP contribution in [0.25, 0.3) is 0 Å². The first-order valence-corrected chi connectivity index (χ1v) is 6.47. The Morgan fingerprint density at radius 1 is 1.19 bits per heavy atom. The minimum absolute atomic E-state index is 0.221. The molecule has 0 saturated carbocycles. The molecule has 0 spiro atoms. The van der Waals surface area contributed by atoms with Gasteiger partial charge in [-0.15, -0.1) is 13.2 Å². The second-order valence-electron chi connectivity index (χ2n) is 5.02. The first-order valence-electron chi connectivity index (χ1n) is 6.47.